The quantitative estimate of drug-likeness (QED) is 0.381. The lowest BCUT2D eigenvalue weighted by molar-refractivity contribution is 0.0209. The first-order valence-electron chi connectivity index (χ1n) is 12.2. The molecule has 3 N–H and O–H groups in total. The van der Waals surface area contributed by atoms with E-state index in [1.54, 1.807) is 18.5 Å². The number of aliphatic hydroxyl groups excluding tert-OH is 1. The maximum absolute atomic E-state index is 9.77. The molecular weight excluding hydrogens is 462 g/mol. The first kappa shape index (κ1) is 21.7. The van der Waals surface area contributed by atoms with Gasteiger partial charge in [0.15, 0.2) is 11.5 Å². The molecule has 7 rings (SSSR count). The Balaban J connectivity index is 1.40. The number of benzene rings is 2. The van der Waals surface area contributed by atoms with Crippen LogP contribution in [0.25, 0.3) is 50.6 Å². The van der Waals surface area contributed by atoms with Crippen molar-refractivity contribution >= 4 is 16.6 Å². The van der Waals surface area contributed by atoms with Gasteiger partial charge in [-0.25, -0.2) is 15.0 Å². The third kappa shape index (κ3) is 3.57. The van der Waals surface area contributed by atoms with E-state index in [0.717, 1.165) is 38.9 Å². The van der Waals surface area contributed by atoms with E-state index in [0.29, 0.717) is 30.1 Å². The Kier molecular flexibility index (Phi) is 4.85. The molecule has 0 bridgehead atoms. The van der Waals surface area contributed by atoms with Gasteiger partial charge in [-0.2, -0.15) is 0 Å². The summed E-state index contributed by atoms with van der Waals surface area (Å²) in [7, 11) is 0. The third-order valence-electron chi connectivity index (χ3n) is 7.15. The topological polar surface area (TPSA) is 115 Å². The van der Waals surface area contributed by atoms with E-state index in [2.05, 4.69) is 62.6 Å². The van der Waals surface area contributed by atoms with Gasteiger partial charge in [-0.15, -0.1) is 10.2 Å². The molecule has 0 radical (unpaired) electrons. The predicted octanol–water partition coefficient (Wildman–Crippen LogP) is 4.38. The van der Waals surface area contributed by atoms with Crippen molar-refractivity contribution in [3.8, 4) is 34.0 Å². The molecule has 0 saturated heterocycles. The number of pyridine rings is 2. The van der Waals surface area contributed by atoms with Crippen molar-refractivity contribution in [3.63, 3.8) is 0 Å². The molecule has 0 amide bonds. The molecule has 0 unspecified atom stereocenters. The summed E-state index contributed by atoms with van der Waals surface area (Å²) in [5.74, 6) is 1.09. The fourth-order valence-electron chi connectivity index (χ4n) is 5.20. The molecule has 0 aliphatic heterocycles. The Morgan fingerprint density at radius 3 is 2.35 bits per heavy atom. The van der Waals surface area contributed by atoms with E-state index in [1.165, 1.54) is 0 Å². The van der Waals surface area contributed by atoms with E-state index in [4.69, 9.17) is 10.7 Å². The molecule has 4 heterocycles. The minimum Gasteiger partial charge on any atom is -0.393 e. The van der Waals surface area contributed by atoms with Crippen molar-refractivity contribution in [2.24, 2.45) is 5.73 Å². The van der Waals surface area contributed by atoms with E-state index >= 15 is 0 Å². The zero-order chi connectivity index (χ0) is 25.0. The number of aromatic nitrogens is 6. The van der Waals surface area contributed by atoms with Gasteiger partial charge in [0, 0.05) is 40.6 Å². The van der Waals surface area contributed by atoms with E-state index in [-0.39, 0.29) is 6.10 Å². The van der Waals surface area contributed by atoms with Crippen molar-refractivity contribution in [2.45, 2.75) is 24.5 Å². The standard InChI is InChI=1S/C29H23N7O/c30-29(16-21(37)17-29)20-9-7-19(8-10-20)25-22(18-5-2-1-3-6-18)15-23-24(33-25)11-14-36-27(23)34-35-28(36)26-31-12-4-13-32-26/h1-15,21,37H,16-17,30H2. The molecule has 1 aliphatic rings. The smallest absolute Gasteiger partial charge is 0.206 e. The minimum absolute atomic E-state index is 0.320. The molecule has 2 aromatic carbocycles. The molecule has 4 aromatic heterocycles. The summed E-state index contributed by atoms with van der Waals surface area (Å²) >= 11 is 0. The summed E-state index contributed by atoms with van der Waals surface area (Å²) < 4.78 is 1.90. The van der Waals surface area contributed by atoms with Crippen LogP contribution >= 0.6 is 0 Å². The van der Waals surface area contributed by atoms with Gasteiger partial charge in [0.2, 0.25) is 5.82 Å². The maximum atomic E-state index is 9.77. The Morgan fingerprint density at radius 1 is 0.865 bits per heavy atom. The average molecular weight is 486 g/mol. The van der Waals surface area contributed by atoms with Crippen LogP contribution in [0.1, 0.15) is 18.4 Å². The number of nitrogens with two attached hydrogens (primary N) is 1. The van der Waals surface area contributed by atoms with Crippen LogP contribution in [0.15, 0.2) is 91.4 Å². The summed E-state index contributed by atoms with van der Waals surface area (Å²) in [5.41, 5.74) is 12.5. The summed E-state index contributed by atoms with van der Waals surface area (Å²) in [6, 6.07) is 24.3. The van der Waals surface area contributed by atoms with Gasteiger partial charge in [-0.05, 0) is 42.2 Å². The molecule has 0 spiro atoms. The predicted molar refractivity (Wildman–Crippen MR) is 141 cm³/mol. The molecule has 37 heavy (non-hydrogen) atoms. The monoisotopic (exact) mass is 485 g/mol. The lowest BCUT2D eigenvalue weighted by Crippen LogP contribution is -2.51. The van der Waals surface area contributed by atoms with Crippen LogP contribution in [0, 0.1) is 0 Å². The van der Waals surface area contributed by atoms with E-state index < -0.39 is 5.54 Å². The highest BCUT2D eigenvalue weighted by Gasteiger charge is 2.41. The minimum atomic E-state index is -0.462. The zero-order valence-electron chi connectivity index (χ0n) is 19.9. The van der Waals surface area contributed by atoms with Crippen molar-refractivity contribution in [3.05, 3.63) is 97.0 Å². The summed E-state index contributed by atoms with van der Waals surface area (Å²) in [6.45, 7) is 0. The number of aliphatic hydroxyl groups is 1. The van der Waals surface area contributed by atoms with E-state index in [1.807, 2.05) is 34.9 Å². The molecule has 1 saturated carbocycles. The summed E-state index contributed by atoms with van der Waals surface area (Å²) in [6.07, 6.45) is 6.14. The van der Waals surface area contributed by atoms with Gasteiger partial charge >= 0.3 is 0 Å². The van der Waals surface area contributed by atoms with Gasteiger partial charge in [0.1, 0.15) is 0 Å². The van der Waals surface area contributed by atoms with Crippen molar-refractivity contribution in [2.75, 3.05) is 0 Å². The third-order valence-corrected chi connectivity index (χ3v) is 7.15. The second-order valence-electron chi connectivity index (χ2n) is 9.58. The van der Waals surface area contributed by atoms with Crippen LogP contribution in [0.4, 0.5) is 0 Å². The van der Waals surface area contributed by atoms with Crippen LogP contribution in [0.5, 0.6) is 0 Å². The second kappa shape index (κ2) is 8.26. The lowest BCUT2D eigenvalue weighted by atomic mass is 9.70. The fraction of sp³-hybridized carbons (Fsp3) is 0.138. The number of nitrogens with zero attached hydrogens (tertiary/aromatic N) is 6. The van der Waals surface area contributed by atoms with Crippen LogP contribution in [-0.2, 0) is 5.54 Å². The molecule has 6 aromatic rings. The Bertz CT molecular complexity index is 1740. The van der Waals surface area contributed by atoms with Gasteiger partial charge in [-0.3, -0.25) is 4.40 Å². The molecule has 8 nitrogen and oxygen atoms in total. The molecular formula is C29H23N7O. The van der Waals surface area contributed by atoms with Crippen LogP contribution in [0.3, 0.4) is 0 Å². The first-order valence-corrected chi connectivity index (χ1v) is 12.2. The molecule has 1 aliphatic carbocycles. The van der Waals surface area contributed by atoms with Gasteiger partial charge in [0.05, 0.1) is 17.3 Å². The lowest BCUT2D eigenvalue weighted by Gasteiger charge is -2.42. The summed E-state index contributed by atoms with van der Waals surface area (Å²) in [4.78, 5) is 13.8. The van der Waals surface area contributed by atoms with Crippen LogP contribution < -0.4 is 5.73 Å². The Hall–Kier alpha value is -4.53. The number of hydrogen-bond donors (Lipinski definition) is 2. The number of rotatable bonds is 4. The van der Waals surface area contributed by atoms with E-state index in [9.17, 15) is 5.11 Å². The normalized spacial score (nSPS) is 19.2. The number of fused-ring (bicyclic) bond motifs is 3. The highest BCUT2D eigenvalue weighted by molar-refractivity contribution is 5.98. The van der Waals surface area contributed by atoms with Crippen molar-refractivity contribution in [1.82, 2.24) is 29.5 Å². The highest BCUT2D eigenvalue weighted by Crippen LogP contribution is 2.40. The zero-order valence-corrected chi connectivity index (χ0v) is 19.9. The number of hydrogen-bond acceptors (Lipinski definition) is 7. The Labute approximate surface area is 212 Å². The van der Waals surface area contributed by atoms with Crippen molar-refractivity contribution < 1.29 is 5.11 Å². The molecule has 180 valence electrons. The summed E-state index contributed by atoms with van der Waals surface area (Å²) in [5, 5.41) is 19.5. The molecule has 1 fully saturated rings. The second-order valence-corrected chi connectivity index (χ2v) is 9.58. The van der Waals surface area contributed by atoms with Crippen LogP contribution in [-0.4, -0.2) is 40.8 Å². The molecule has 0 atom stereocenters. The van der Waals surface area contributed by atoms with Crippen LogP contribution in [0.2, 0.25) is 0 Å². The van der Waals surface area contributed by atoms with Gasteiger partial charge in [-0.1, -0.05) is 54.6 Å². The molecule has 8 heteroatoms. The highest BCUT2D eigenvalue weighted by atomic mass is 16.3. The van der Waals surface area contributed by atoms with Crippen molar-refractivity contribution in [1.29, 1.82) is 0 Å². The van der Waals surface area contributed by atoms with Gasteiger partial charge < -0.3 is 10.8 Å². The fourth-order valence-corrected chi connectivity index (χ4v) is 5.20. The van der Waals surface area contributed by atoms with Gasteiger partial charge in [0.25, 0.3) is 0 Å². The maximum Gasteiger partial charge on any atom is 0.206 e. The first-order chi connectivity index (χ1) is 18.1. The average Bonchev–Trinajstić information content (AvgIpc) is 3.37. The largest absolute Gasteiger partial charge is 0.393 e. The SMILES string of the molecule is NC1(c2ccc(-c3nc4ccn5c(-c6ncccn6)nnc5c4cc3-c3ccccc3)cc2)CC(O)C1. The Morgan fingerprint density at radius 2 is 1.62 bits per heavy atom.